The van der Waals surface area contributed by atoms with Gasteiger partial charge in [0.25, 0.3) is 5.91 Å². The molecule has 0 saturated heterocycles. The Morgan fingerprint density at radius 3 is 2.39 bits per heavy atom. The molecule has 2 aromatic carbocycles. The maximum atomic E-state index is 12.4. The second-order valence-electron chi connectivity index (χ2n) is 5.15. The van der Waals surface area contributed by atoms with Crippen molar-refractivity contribution in [2.75, 3.05) is 12.4 Å². The van der Waals surface area contributed by atoms with Crippen LogP contribution >= 0.6 is 0 Å². The molecule has 4 nitrogen and oxygen atoms in total. The molecule has 0 bridgehead atoms. The number of benzene rings is 2. The van der Waals surface area contributed by atoms with E-state index in [9.17, 15) is 4.79 Å². The van der Waals surface area contributed by atoms with Gasteiger partial charge in [-0.2, -0.15) is 0 Å². The van der Waals surface area contributed by atoms with Crippen LogP contribution in [0.25, 0.3) is 11.1 Å². The molecule has 1 N–H and O–H groups in total. The van der Waals surface area contributed by atoms with Gasteiger partial charge in [0.15, 0.2) is 5.76 Å². The summed E-state index contributed by atoms with van der Waals surface area (Å²) < 4.78 is 10.7. The summed E-state index contributed by atoms with van der Waals surface area (Å²) in [6.07, 6.45) is 1.61. The lowest BCUT2D eigenvalue weighted by atomic mass is 10.0. The highest BCUT2D eigenvalue weighted by atomic mass is 16.5. The van der Waals surface area contributed by atoms with Gasteiger partial charge in [-0.15, -0.1) is 0 Å². The molecule has 1 aromatic heterocycles. The van der Waals surface area contributed by atoms with Crippen LogP contribution in [-0.2, 0) is 0 Å². The first-order chi connectivity index (χ1) is 11.2. The van der Waals surface area contributed by atoms with E-state index in [1.165, 1.54) is 0 Å². The molecule has 0 unspecified atom stereocenters. The number of amides is 1. The number of nitrogens with one attached hydrogen (secondary N) is 1. The Bertz CT molecular complexity index is 804. The average molecular weight is 307 g/mol. The number of carbonyl (C=O) groups is 1. The standard InChI is InChI=1S/C19H17NO3/c1-13-17(14-8-10-16(22-2)11-9-14)12-23-18(13)19(21)20-15-6-4-3-5-7-15/h3-12H,1-2H3,(H,20,21). The molecule has 4 heteroatoms. The summed E-state index contributed by atoms with van der Waals surface area (Å²) in [6.45, 7) is 1.88. The van der Waals surface area contributed by atoms with Crippen molar-refractivity contribution in [3.05, 3.63) is 72.2 Å². The molecule has 0 spiro atoms. The molecular formula is C19H17NO3. The van der Waals surface area contributed by atoms with Crippen molar-refractivity contribution < 1.29 is 13.9 Å². The molecule has 1 heterocycles. The van der Waals surface area contributed by atoms with Gasteiger partial charge < -0.3 is 14.5 Å². The van der Waals surface area contributed by atoms with Crippen molar-refractivity contribution in [1.82, 2.24) is 0 Å². The summed E-state index contributed by atoms with van der Waals surface area (Å²) in [5.41, 5.74) is 3.42. The fraction of sp³-hybridized carbons (Fsp3) is 0.105. The Balaban J connectivity index is 1.85. The van der Waals surface area contributed by atoms with Crippen molar-refractivity contribution in [1.29, 1.82) is 0 Å². The molecule has 0 radical (unpaired) electrons. The summed E-state index contributed by atoms with van der Waals surface area (Å²) in [4.78, 5) is 12.4. The number of hydrogen-bond donors (Lipinski definition) is 1. The monoisotopic (exact) mass is 307 g/mol. The lowest BCUT2D eigenvalue weighted by Gasteiger charge is -2.04. The van der Waals surface area contributed by atoms with E-state index < -0.39 is 0 Å². The zero-order valence-corrected chi connectivity index (χ0v) is 13.0. The number of para-hydroxylation sites is 1. The van der Waals surface area contributed by atoms with E-state index in [-0.39, 0.29) is 5.91 Å². The average Bonchev–Trinajstić information content (AvgIpc) is 2.97. The van der Waals surface area contributed by atoms with Crippen molar-refractivity contribution >= 4 is 11.6 Å². The number of carbonyl (C=O) groups excluding carboxylic acids is 1. The number of rotatable bonds is 4. The highest BCUT2D eigenvalue weighted by Gasteiger charge is 2.18. The molecule has 0 aliphatic carbocycles. The van der Waals surface area contributed by atoms with Crippen molar-refractivity contribution in [3.63, 3.8) is 0 Å². The Labute approximate surface area is 134 Å². The Kier molecular flexibility index (Phi) is 4.15. The van der Waals surface area contributed by atoms with E-state index in [0.717, 1.165) is 28.1 Å². The fourth-order valence-corrected chi connectivity index (χ4v) is 2.41. The summed E-state index contributed by atoms with van der Waals surface area (Å²) in [5, 5.41) is 2.83. The number of methoxy groups -OCH3 is 1. The molecule has 3 aromatic rings. The molecular weight excluding hydrogens is 290 g/mol. The lowest BCUT2D eigenvalue weighted by Crippen LogP contribution is -2.12. The van der Waals surface area contributed by atoms with Crippen LogP contribution in [0.5, 0.6) is 5.75 Å². The summed E-state index contributed by atoms with van der Waals surface area (Å²) in [6, 6.07) is 16.9. The van der Waals surface area contributed by atoms with Crippen LogP contribution in [-0.4, -0.2) is 13.0 Å². The third kappa shape index (κ3) is 3.11. The van der Waals surface area contributed by atoms with Crippen molar-refractivity contribution in [2.24, 2.45) is 0 Å². The fourth-order valence-electron chi connectivity index (χ4n) is 2.41. The van der Waals surface area contributed by atoms with Gasteiger partial charge in [-0.1, -0.05) is 30.3 Å². The van der Waals surface area contributed by atoms with Crippen LogP contribution in [0.15, 0.2) is 65.3 Å². The van der Waals surface area contributed by atoms with Crippen LogP contribution < -0.4 is 10.1 Å². The van der Waals surface area contributed by atoms with E-state index in [1.807, 2.05) is 61.5 Å². The molecule has 23 heavy (non-hydrogen) atoms. The van der Waals surface area contributed by atoms with Crippen LogP contribution in [0, 0.1) is 6.92 Å². The van der Waals surface area contributed by atoms with Crippen molar-refractivity contribution in [3.8, 4) is 16.9 Å². The topological polar surface area (TPSA) is 51.5 Å². The molecule has 116 valence electrons. The van der Waals surface area contributed by atoms with Gasteiger partial charge >= 0.3 is 0 Å². The SMILES string of the molecule is COc1ccc(-c2coc(C(=O)Nc3ccccc3)c2C)cc1. The molecule has 3 rings (SSSR count). The molecule has 1 amide bonds. The van der Waals surface area contributed by atoms with Gasteiger partial charge in [0.05, 0.1) is 13.4 Å². The number of furan rings is 1. The maximum Gasteiger partial charge on any atom is 0.291 e. The minimum absolute atomic E-state index is 0.256. The second-order valence-corrected chi connectivity index (χ2v) is 5.15. The highest BCUT2D eigenvalue weighted by molar-refractivity contribution is 6.04. The van der Waals surface area contributed by atoms with Gasteiger partial charge in [0.2, 0.25) is 0 Å². The lowest BCUT2D eigenvalue weighted by molar-refractivity contribution is 0.0996. The summed E-state index contributed by atoms with van der Waals surface area (Å²) >= 11 is 0. The normalized spacial score (nSPS) is 10.3. The first-order valence-electron chi connectivity index (χ1n) is 7.28. The van der Waals surface area contributed by atoms with Gasteiger partial charge in [0, 0.05) is 16.8 Å². The molecule has 0 aliphatic rings. The number of hydrogen-bond acceptors (Lipinski definition) is 3. The zero-order chi connectivity index (χ0) is 16.2. The minimum Gasteiger partial charge on any atom is -0.497 e. The van der Waals surface area contributed by atoms with Gasteiger partial charge in [-0.3, -0.25) is 4.79 Å². The van der Waals surface area contributed by atoms with Crippen LogP contribution in [0.1, 0.15) is 16.1 Å². The van der Waals surface area contributed by atoms with E-state index in [4.69, 9.17) is 9.15 Å². The molecule has 0 aliphatic heterocycles. The Morgan fingerprint density at radius 2 is 1.74 bits per heavy atom. The third-order valence-electron chi connectivity index (χ3n) is 3.68. The van der Waals surface area contributed by atoms with E-state index in [2.05, 4.69) is 5.32 Å². The summed E-state index contributed by atoms with van der Waals surface area (Å²) in [7, 11) is 1.63. The Morgan fingerprint density at radius 1 is 1.04 bits per heavy atom. The highest BCUT2D eigenvalue weighted by Crippen LogP contribution is 2.29. The largest absolute Gasteiger partial charge is 0.497 e. The van der Waals surface area contributed by atoms with Crippen LogP contribution in [0.2, 0.25) is 0 Å². The first kappa shape index (κ1) is 14.9. The second kappa shape index (κ2) is 6.40. The third-order valence-corrected chi connectivity index (χ3v) is 3.68. The van der Waals surface area contributed by atoms with E-state index >= 15 is 0 Å². The smallest absolute Gasteiger partial charge is 0.291 e. The molecule has 0 atom stereocenters. The number of anilines is 1. The van der Waals surface area contributed by atoms with Gasteiger partial charge in [-0.05, 0) is 36.8 Å². The van der Waals surface area contributed by atoms with Crippen LogP contribution in [0.3, 0.4) is 0 Å². The quantitative estimate of drug-likeness (QED) is 0.771. The van der Waals surface area contributed by atoms with Crippen LogP contribution in [0.4, 0.5) is 5.69 Å². The first-order valence-corrected chi connectivity index (χ1v) is 7.28. The molecule has 0 saturated carbocycles. The van der Waals surface area contributed by atoms with E-state index in [1.54, 1.807) is 13.4 Å². The van der Waals surface area contributed by atoms with Gasteiger partial charge in [-0.25, -0.2) is 0 Å². The maximum absolute atomic E-state index is 12.4. The van der Waals surface area contributed by atoms with E-state index in [0.29, 0.717) is 5.76 Å². The van der Waals surface area contributed by atoms with Crippen molar-refractivity contribution in [2.45, 2.75) is 6.92 Å². The van der Waals surface area contributed by atoms with Gasteiger partial charge in [0.1, 0.15) is 5.75 Å². The zero-order valence-electron chi connectivity index (χ0n) is 13.0. The summed E-state index contributed by atoms with van der Waals surface area (Å²) in [5.74, 6) is 0.852. The predicted octanol–water partition coefficient (Wildman–Crippen LogP) is 4.52. The Hall–Kier alpha value is -3.01. The minimum atomic E-state index is -0.256. The number of ether oxygens (including phenoxy) is 1. The predicted molar refractivity (Wildman–Crippen MR) is 89.8 cm³/mol. The molecule has 0 fully saturated rings.